The lowest BCUT2D eigenvalue weighted by molar-refractivity contribution is -0.123. The molecular formula is C21H25ClN2O4. The van der Waals surface area contributed by atoms with E-state index in [2.05, 4.69) is 10.5 Å². The van der Waals surface area contributed by atoms with Gasteiger partial charge in [-0.2, -0.15) is 5.10 Å². The number of benzene rings is 2. The number of rotatable bonds is 9. The predicted molar refractivity (Wildman–Crippen MR) is 111 cm³/mol. The number of aryl methyl sites for hydroxylation is 2. The van der Waals surface area contributed by atoms with Gasteiger partial charge in [0.05, 0.1) is 19.4 Å². The predicted octanol–water partition coefficient (Wildman–Crippen LogP) is 4.28. The van der Waals surface area contributed by atoms with Crippen molar-refractivity contribution >= 4 is 23.7 Å². The van der Waals surface area contributed by atoms with Crippen LogP contribution in [-0.2, 0) is 4.79 Å². The molecule has 0 spiro atoms. The van der Waals surface area contributed by atoms with Crippen LogP contribution in [-0.4, -0.2) is 31.9 Å². The number of hydrazone groups is 1. The van der Waals surface area contributed by atoms with Crippen molar-refractivity contribution in [2.75, 3.05) is 19.8 Å². The van der Waals surface area contributed by atoms with E-state index in [0.29, 0.717) is 35.5 Å². The molecule has 28 heavy (non-hydrogen) atoms. The maximum atomic E-state index is 11.9. The van der Waals surface area contributed by atoms with E-state index in [4.69, 9.17) is 25.8 Å². The summed E-state index contributed by atoms with van der Waals surface area (Å²) in [6, 6.07) is 9.03. The minimum atomic E-state index is -0.363. The molecule has 0 unspecified atom stereocenters. The lowest BCUT2D eigenvalue weighted by Gasteiger charge is -2.11. The molecule has 2 aromatic carbocycles. The molecule has 0 aliphatic carbocycles. The molecule has 0 aromatic heterocycles. The van der Waals surface area contributed by atoms with E-state index in [1.54, 1.807) is 18.2 Å². The van der Waals surface area contributed by atoms with Crippen molar-refractivity contribution in [3.05, 3.63) is 52.0 Å². The Labute approximate surface area is 170 Å². The SMILES string of the molecule is CCOc1ccc(/C=N/NC(=O)COc2cc(C)c(Cl)c(C)c2)cc1OCC. The van der Waals surface area contributed by atoms with Gasteiger partial charge in [0.1, 0.15) is 5.75 Å². The van der Waals surface area contributed by atoms with E-state index in [9.17, 15) is 4.79 Å². The Morgan fingerprint density at radius 3 is 2.32 bits per heavy atom. The highest BCUT2D eigenvalue weighted by atomic mass is 35.5. The number of amides is 1. The van der Waals surface area contributed by atoms with E-state index >= 15 is 0 Å². The molecule has 0 atom stereocenters. The average molecular weight is 405 g/mol. The van der Waals surface area contributed by atoms with Crippen LogP contribution < -0.4 is 19.6 Å². The zero-order valence-electron chi connectivity index (χ0n) is 16.5. The first-order chi connectivity index (χ1) is 13.4. The monoisotopic (exact) mass is 404 g/mol. The van der Waals surface area contributed by atoms with Crippen molar-refractivity contribution in [3.8, 4) is 17.2 Å². The van der Waals surface area contributed by atoms with Gasteiger partial charge in [-0.05, 0) is 74.7 Å². The van der Waals surface area contributed by atoms with Crippen molar-refractivity contribution < 1.29 is 19.0 Å². The second kappa shape index (κ2) is 10.6. The van der Waals surface area contributed by atoms with E-state index in [1.165, 1.54) is 6.21 Å². The Morgan fingerprint density at radius 2 is 1.68 bits per heavy atom. The zero-order chi connectivity index (χ0) is 20.5. The number of nitrogens with one attached hydrogen (secondary N) is 1. The highest BCUT2D eigenvalue weighted by molar-refractivity contribution is 6.32. The summed E-state index contributed by atoms with van der Waals surface area (Å²) in [6.07, 6.45) is 1.53. The van der Waals surface area contributed by atoms with Crippen molar-refractivity contribution in [2.24, 2.45) is 5.10 Å². The fourth-order valence-electron chi connectivity index (χ4n) is 2.50. The molecule has 0 aliphatic heterocycles. The minimum absolute atomic E-state index is 0.147. The van der Waals surface area contributed by atoms with Crippen LogP contribution in [0.25, 0.3) is 0 Å². The molecule has 150 valence electrons. The van der Waals surface area contributed by atoms with Crippen molar-refractivity contribution in [2.45, 2.75) is 27.7 Å². The lowest BCUT2D eigenvalue weighted by atomic mass is 10.1. The van der Waals surface area contributed by atoms with Gasteiger partial charge >= 0.3 is 0 Å². The first-order valence-corrected chi connectivity index (χ1v) is 9.43. The van der Waals surface area contributed by atoms with Gasteiger partial charge in [0.15, 0.2) is 18.1 Å². The first kappa shape index (κ1) is 21.6. The molecule has 1 N–H and O–H groups in total. The maximum absolute atomic E-state index is 11.9. The van der Waals surface area contributed by atoms with Crippen LogP contribution in [0.1, 0.15) is 30.5 Å². The fraction of sp³-hybridized carbons (Fsp3) is 0.333. The molecule has 0 bridgehead atoms. The minimum Gasteiger partial charge on any atom is -0.490 e. The molecule has 0 saturated heterocycles. The number of halogens is 1. The summed E-state index contributed by atoms with van der Waals surface area (Å²) >= 11 is 6.13. The normalized spacial score (nSPS) is 10.8. The van der Waals surface area contributed by atoms with Gasteiger partial charge in [0.2, 0.25) is 0 Å². The Kier molecular flexibility index (Phi) is 8.14. The summed E-state index contributed by atoms with van der Waals surface area (Å²) in [4.78, 5) is 11.9. The first-order valence-electron chi connectivity index (χ1n) is 9.05. The highest BCUT2D eigenvalue weighted by Gasteiger charge is 2.07. The molecule has 0 radical (unpaired) electrons. The van der Waals surface area contributed by atoms with Crippen LogP contribution >= 0.6 is 11.6 Å². The maximum Gasteiger partial charge on any atom is 0.277 e. The second-order valence-electron chi connectivity index (χ2n) is 6.03. The van der Waals surface area contributed by atoms with Gasteiger partial charge in [-0.25, -0.2) is 5.43 Å². The number of nitrogens with zero attached hydrogens (tertiary/aromatic N) is 1. The van der Waals surface area contributed by atoms with Crippen LogP contribution in [0, 0.1) is 13.8 Å². The van der Waals surface area contributed by atoms with Crippen LogP contribution in [0.2, 0.25) is 5.02 Å². The van der Waals surface area contributed by atoms with Gasteiger partial charge in [0, 0.05) is 5.02 Å². The lowest BCUT2D eigenvalue weighted by Crippen LogP contribution is -2.24. The van der Waals surface area contributed by atoms with E-state index in [1.807, 2.05) is 39.8 Å². The molecule has 0 aliphatic rings. The number of carbonyl (C=O) groups excluding carboxylic acids is 1. The summed E-state index contributed by atoms with van der Waals surface area (Å²) in [5.41, 5.74) is 5.01. The molecule has 7 heteroatoms. The molecule has 6 nitrogen and oxygen atoms in total. The number of hydrogen-bond donors (Lipinski definition) is 1. The molecule has 0 fully saturated rings. The Balaban J connectivity index is 1.91. The summed E-state index contributed by atoms with van der Waals surface area (Å²) in [7, 11) is 0. The van der Waals surface area contributed by atoms with Crippen LogP contribution in [0.3, 0.4) is 0 Å². The van der Waals surface area contributed by atoms with Crippen molar-refractivity contribution in [1.29, 1.82) is 0 Å². The third-order valence-electron chi connectivity index (χ3n) is 3.75. The van der Waals surface area contributed by atoms with Gasteiger partial charge in [-0.15, -0.1) is 0 Å². The highest BCUT2D eigenvalue weighted by Crippen LogP contribution is 2.28. The number of ether oxygens (including phenoxy) is 3. The summed E-state index contributed by atoms with van der Waals surface area (Å²) in [5, 5.41) is 4.66. The Morgan fingerprint density at radius 1 is 1.04 bits per heavy atom. The molecule has 2 rings (SSSR count). The summed E-state index contributed by atoms with van der Waals surface area (Å²) in [5.74, 6) is 1.53. The van der Waals surface area contributed by atoms with Gasteiger partial charge < -0.3 is 14.2 Å². The molecular weight excluding hydrogens is 380 g/mol. The van der Waals surface area contributed by atoms with Gasteiger partial charge in [0.25, 0.3) is 5.91 Å². The molecule has 0 heterocycles. The standard InChI is InChI=1S/C21H25ClN2O4/c1-5-26-18-8-7-16(11-19(18)27-6-2)12-23-24-20(25)13-28-17-9-14(3)21(22)15(4)10-17/h7-12H,5-6,13H2,1-4H3,(H,24,25)/b23-12+. The smallest absolute Gasteiger partial charge is 0.277 e. The molecule has 0 saturated carbocycles. The number of hydrogen-bond acceptors (Lipinski definition) is 5. The van der Waals surface area contributed by atoms with Crippen molar-refractivity contribution in [3.63, 3.8) is 0 Å². The molecule has 2 aromatic rings. The summed E-state index contributed by atoms with van der Waals surface area (Å²) < 4.78 is 16.6. The third-order valence-corrected chi connectivity index (χ3v) is 4.35. The topological polar surface area (TPSA) is 69.2 Å². The van der Waals surface area contributed by atoms with E-state index < -0.39 is 0 Å². The molecule has 1 amide bonds. The van der Waals surface area contributed by atoms with E-state index in [-0.39, 0.29) is 12.5 Å². The van der Waals surface area contributed by atoms with Gasteiger partial charge in [-0.3, -0.25) is 4.79 Å². The summed E-state index contributed by atoms with van der Waals surface area (Å²) in [6.45, 7) is 8.52. The largest absolute Gasteiger partial charge is 0.490 e. The van der Waals surface area contributed by atoms with Crippen molar-refractivity contribution in [1.82, 2.24) is 5.43 Å². The van der Waals surface area contributed by atoms with Crippen LogP contribution in [0.4, 0.5) is 0 Å². The quantitative estimate of drug-likeness (QED) is 0.500. The van der Waals surface area contributed by atoms with Crippen LogP contribution in [0.5, 0.6) is 17.2 Å². The van der Waals surface area contributed by atoms with Crippen LogP contribution in [0.15, 0.2) is 35.4 Å². The third kappa shape index (κ3) is 6.16. The number of carbonyl (C=O) groups is 1. The average Bonchev–Trinajstić information content (AvgIpc) is 2.66. The van der Waals surface area contributed by atoms with Gasteiger partial charge in [-0.1, -0.05) is 11.6 Å². The van der Waals surface area contributed by atoms with E-state index in [0.717, 1.165) is 16.7 Å². The zero-order valence-corrected chi connectivity index (χ0v) is 17.3. The Bertz CT molecular complexity index is 829. The second-order valence-corrected chi connectivity index (χ2v) is 6.40. The fourth-order valence-corrected chi connectivity index (χ4v) is 2.61. The Hall–Kier alpha value is -2.73.